The Labute approximate surface area is 121 Å². The molecule has 1 aliphatic heterocycles. The SMILES string of the molecule is COc1ccc(C#N)c([C@@H](C(F)F)N2CCNCC2)c1O. The Balaban J connectivity index is 2.51. The Bertz CT molecular complexity index is 540. The number of aromatic hydroxyl groups is 1. The van der Waals surface area contributed by atoms with Crippen LogP contribution in [0.3, 0.4) is 0 Å². The summed E-state index contributed by atoms with van der Waals surface area (Å²) < 4.78 is 32.1. The summed E-state index contributed by atoms with van der Waals surface area (Å²) in [6.45, 7) is 2.04. The normalized spacial score (nSPS) is 17.5. The molecule has 0 saturated carbocycles. The van der Waals surface area contributed by atoms with Crippen LogP contribution in [0.4, 0.5) is 8.78 Å². The molecule has 7 heteroatoms. The molecule has 1 heterocycles. The molecule has 0 spiro atoms. The van der Waals surface area contributed by atoms with Gasteiger partial charge in [0.15, 0.2) is 11.5 Å². The number of halogens is 2. The predicted octanol–water partition coefficient (Wildman–Crippen LogP) is 1.48. The number of nitrogens with one attached hydrogen (secondary N) is 1. The summed E-state index contributed by atoms with van der Waals surface area (Å²) >= 11 is 0. The molecular formula is C14H17F2N3O2. The average molecular weight is 297 g/mol. The minimum Gasteiger partial charge on any atom is -0.504 e. The second kappa shape index (κ2) is 6.70. The minimum absolute atomic E-state index is 0.0390. The number of phenolic OH excluding ortho intramolecular Hbond substituents is 1. The number of piperazine rings is 1. The lowest BCUT2D eigenvalue weighted by molar-refractivity contribution is 0.0167. The van der Waals surface area contributed by atoms with Gasteiger partial charge in [-0.1, -0.05) is 0 Å². The summed E-state index contributed by atoms with van der Waals surface area (Å²) in [6, 6.07) is 3.34. The lowest BCUT2D eigenvalue weighted by Crippen LogP contribution is -2.47. The Morgan fingerprint density at radius 1 is 1.38 bits per heavy atom. The lowest BCUT2D eigenvalue weighted by Gasteiger charge is -2.35. The first-order chi connectivity index (χ1) is 10.1. The third-order valence-corrected chi connectivity index (χ3v) is 3.60. The number of ether oxygens (including phenoxy) is 1. The first-order valence-corrected chi connectivity index (χ1v) is 6.63. The van der Waals surface area contributed by atoms with Crippen molar-refractivity contribution >= 4 is 0 Å². The van der Waals surface area contributed by atoms with E-state index in [-0.39, 0.29) is 22.6 Å². The van der Waals surface area contributed by atoms with E-state index in [0.717, 1.165) is 0 Å². The van der Waals surface area contributed by atoms with E-state index in [1.54, 1.807) is 4.90 Å². The molecule has 1 aromatic carbocycles. The molecule has 1 atom stereocenters. The number of nitrogens with zero attached hydrogens (tertiary/aromatic N) is 2. The van der Waals surface area contributed by atoms with E-state index in [0.29, 0.717) is 26.2 Å². The summed E-state index contributed by atoms with van der Waals surface area (Å²) in [5.41, 5.74) is -0.0223. The quantitative estimate of drug-likeness (QED) is 0.881. The summed E-state index contributed by atoms with van der Waals surface area (Å²) in [6.07, 6.45) is -2.71. The van der Waals surface area contributed by atoms with Crippen molar-refractivity contribution in [2.75, 3.05) is 33.3 Å². The highest BCUT2D eigenvalue weighted by molar-refractivity contribution is 5.55. The second-order valence-corrected chi connectivity index (χ2v) is 4.75. The van der Waals surface area contributed by atoms with E-state index in [1.807, 2.05) is 6.07 Å². The van der Waals surface area contributed by atoms with Crippen molar-refractivity contribution in [2.45, 2.75) is 12.5 Å². The summed E-state index contributed by atoms with van der Waals surface area (Å²) in [7, 11) is 1.34. The number of methoxy groups -OCH3 is 1. The van der Waals surface area contributed by atoms with E-state index in [4.69, 9.17) is 10.00 Å². The summed E-state index contributed by atoms with van der Waals surface area (Å²) in [5.74, 6) is -0.301. The van der Waals surface area contributed by atoms with E-state index in [9.17, 15) is 13.9 Å². The van der Waals surface area contributed by atoms with Crippen LogP contribution in [0.1, 0.15) is 17.2 Å². The Kier molecular flexibility index (Phi) is 4.94. The van der Waals surface area contributed by atoms with Crippen molar-refractivity contribution in [1.82, 2.24) is 10.2 Å². The van der Waals surface area contributed by atoms with Gasteiger partial charge >= 0.3 is 0 Å². The third kappa shape index (κ3) is 3.06. The van der Waals surface area contributed by atoms with Gasteiger partial charge < -0.3 is 15.2 Å². The average Bonchev–Trinajstić information content (AvgIpc) is 2.50. The van der Waals surface area contributed by atoms with Crippen LogP contribution in [0, 0.1) is 11.3 Å². The highest BCUT2D eigenvalue weighted by atomic mass is 19.3. The molecule has 1 aromatic rings. The van der Waals surface area contributed by atoms with Crippen molar-refractivity contribution in [2.24, 2.45) is 0 Å². The fraction of sp³-hybridized carbons (Fsp3) is 0.500. The molecule has 0 unspecified atom stereocenters. The lowest BCUT2D eigenvalue weighted by atomic mass is 9.97. The van der Waals surface area contributed by atoms with Crippen molar-refractivity contribution in [3.05, 3.63) is 23.3 Å². The molecule has 1 fully saturated rings. The molecule has 2 N–H and O–H groups in total. The molecule has 2 rings (SSSR count). The predicted molar refractivity (Wildman–Crippen MR) is 72.6 cm³/mol. The molecule has 1 saturated heterocycles. The maximum atomic E-state index is 13.6. The third-order valence-electron chi connectivity index (χ3n) is 3.60. The number of rotatable bonds is 4. The van der Waals surface area contributed by atoms with Gasteiger partial charge in [0.25, 0.3) is 6.43 Å². The molecule has 0 aromatic heterocycles. The highest BCUT2D eigenvalue weighted by Gasteiger charge is 2.35. The summed E-state index contributed by atoms with van der Waals surface area (Å²) in [4.78, 5) is 1.58. The van der Waals surface area contributed by atoms with Gasteiger partial charge in [0.1, 0.15) is 6.04 Å². The van der Waals surface area contributed by atoms with Crippen LogP contribution in [0.15, 0.2) is 12.1 Å². The van der Waals surface area contributed by atoms with Crippen LogP contribution in [0.25, 0.3) is 0 Å². The fourth-order valence-corrected chi connectivity index (χ4v) is 2.58. The Hall–Kier alpha value is -1.91. The maximum Gasteiger partial charge on any atom is 0.258 e. The van der Waals surface area contributed by atoms with Crippen LogP contribution in [0.5, 0.6) is 11.5 Å². The van der Waals surface area contributed by atoms with Gasteiger partial charge in [-0.25, -0.2) is 8.78 Å². The Morgan fingerprint density at radius 2 is 2.05 bits per heavy atom. The topological polar surface area (TPSA) is 68.5 Å². The molecule has 0 bridgehead atoms. The zero-order chi connectivity index (χ0) is 15.4. The molecule has 0 radical (unpaired) electrons. The van der Waals surface area contributed by atoms with Gasteiger partial charge in [-0.05, 0) is 12.1 Å². The fourth-order valence-electron chi connectivity index (χ4n) is 2.58. The van der Waals surface area contributed by atoms with Crippen molar-refractivity contribution in [3.63, 3.8) is 0 Å². The molecule has 0 aliphatic carbocycles. The van der Waals surface area contributed by atoms with Crippen molar-refractivity contribution in [3.8, 4) is 17.6 Å². The van der Waals surface area contributed by atoms with Gasteiger partial charge in [-0.2, -0.15) is 5.26 Å². The van der Waals surface area contributed by atoms with E-state index >= 15 is 0 Å². The maximum absolute atomic E-state index is 13.6. The first-order valence-electron chi connectivity index (χ1n) is 6.63. The van der Waals surface area contributed by atoms with Crippen LogP contribution < -0.4 is 10.1 Å². The monoisotopic (exact) mass is 297 g/mol. The van der Waals surface area contributed by atoms with Crippen molar-refractivity contribution in [1.29, 1.82) is 5.26 Å². The number of alkyl halides is 2. The van der Waals surface area contributed by atoms with Gasteiger partial charge in [0.2, 0.25) is 0 Å². The van der Waals surface area contributed by atoms with E-state index < -0.39 is 12.5 Å². The second-order valence-electron chi connectivity index (χ2n) is 4.75. The summed E-state index contributed by atoms with van der Waals surface area (Å²) in [5, 5.41) is 22.4. The van der Waals surface area contributed by atoms with Crippen molar-refractivity contribution < 1.29 is 18.6 Å². The smallest absolute Gasteiger partial charge is 0.258 e. The van der Waals surface area contributed by atoms with E-state index in [2.05, 4.69) is 5.32 Å². The molecule has 1 aliphatic rings. The first kappa shape index (κ1) is 15.5. The molecular weight excluding hydrogens is 280 g/mol. The molecule has 114 valence electrons. The van der Waals surface area contributed by atoms with Crippen LogP contribution in [-0.2, 0) is 0 Å². The number of hydrogen-bond acceptors (Lipinski definition) is 5. The zero-order valence-corrected chi connectivity index (χ0v) is 11.6. The van der Waals surface area contributed by atoms with Gasteiger partial charge in [0.05, 0.1) is 18.7 Å². The Morgan fingerprint density at radius 3 is 2.57 bits per heavy atom. The number of phenols is 1. The van der Waals surface area contributed by atoms with E-state index in [1.165, 1.54) is 19.2 Å². The van der Waals surface area contributed by atoms with Crippen LogP contribution in [-0.4, -0.2) is 49.7 Å². The number of benzene rings is 1. The van der Waals surface area contributed by atoms with Gasteiger partial charge in [-0.15, -0.1) is 0 Å². The number of nitriles is 1. The largest absolute Gasteiger partial charge is 0.504 e. The molecule has 21 heavy (non-hydrogen) atoms. The van der Waals surface area contributed by atoms with Gasteiger partial charge in [0, 0.05) is 31.7 Å². The van der Waals surface area contributed by atoms with Crippen LogP contribution >= 0.6 is 0 Å². The number of hydrogen-bond donors (Lipinski definition) is 2. The molecule has 5 nitrogen and oxygen atoms in total. The standard InChI is InChI=1S/C14H17F2N3O2/c1-21-10-3-2-9(8-17)11(13(10)20)12(14(15)16)19-6-4-18-5-7-19/h2-3,12,14,18,20H,4-7H2,1H3/t12-/m0/s1. The minimum atomic E-state index is -2.71. The zero-order valence-electron chi connectivity index (χ0n) is 11.6. The highest BCUT2D eigenvalue weighted by Crippen LogP contribution is 2.41. The molecule has 0 amide bonds. The van der Waals surface area contributed by atoms with Crippen LogP contribution in [0.2, 0.25) is 0 Å². The van der Waals surface area contributed by atoms with Gasteiger partial charge in [-0.3, -0.25) is 4.90 Å².